The summed E-state index contributed by atoms with van der Waals surface area (Å²) in [5.74, 6) is 0.761. The summed E-state index contributed by atoms with van der Waals surface area (Å²) in [5.41, 5.74) is -0.529. The number of carbonyl (C=O) groups is 4. The zero-order chi connectivity index (χ0) is 30.2. The molecule has 3 amide bonds. The molecule has 1 N–H and O–H groups in total. The summed E-state index contributed by atoms with van der Waals surface area (Å²) in [6, 6.07) is -0.884. The number of amides is 3. The number of nitrogens with zero attached hydrogens (tertiary/aromatic N) is 2. The molecule has 226 valence electrons. The van der Waals surface area contributed by atoms with Gasteiger partial charge in [-0.05, 0) is 65.7 Å². The van der Waals surface area contributed by atoms with Crippen molar-refractivity contribution >= 4 is 23.9 Å². The molecule has 1 unspecified atom stereocenters. The summed E-state index contributed by atoms with van der Waals surface area (Å²) in [6.07, 6.45) is 9.04. The number of nitrogens with one attached hydrogen (secondary N) is 1. The lowest BCUT2D eigenvalue weighted by Gasteiger charge is -2.34. The van der Waals surface area contributed by atoms with Gasteiger partial charge in [-0.15, -0.1) is 6.42 Å². The summed E-state index contributed by atoms with van der Waals surface area (Å²) >= 11 is 0. The highest BCUT2D eigenvalue weighted by atomic mass is 16.6. The first-order valence-electron chi connectivity index (χ1n) is 14.1. The molecule has 12 nitrogen and oxygen atoms in total. The van der Waals surface area contributed by atoms with E-state index in [-0.39, 0.29) is 42.5 Å². The van der Waals surface area contributed by atoms with E-state index in [4.69, 9.17) is 24.7 Å². The van der Waals surface area contributed by atoms with Crippen LogP contribution in [0.15, 0.2) is 13.6 Å². The van der Waals surface area contributed by atoms with Crippen molar-refractivity contribution in [1.29, 1.82) is 0 Å². The van der Waals surface area contributed by atoms with E-state index in [1.165, 1.54) is 6.92 Å². The Balaban J connectivity index is 1.39. The molecule has 0 spiro atoms. The van der Waals surface area contributed by atoms with Crippen LogP contribution in [-0.4, -0.2) is 71.5 Å². The lowest BCUT2D eigenvalue weighted by molar-refractivity contribution is -0.145. The van der Waals surface area contributed by atoms with Crippen molar-refractivity contribution in [3.8, 4) is 12.3 Å². The maximum atomic E-state index is 13.0. The Morgan fingerprint density at radius 2 is 1.80 bits per heavy atom. The number of aryl methyl sites for hydroxylation is 1. The minimum Gasteiger partial charge on any atom is -0.457 e. The normalized spacial score (nSPS) is 18.8. The second-order valence-electron chi connectivity index (χ2n) is 11.7. The number of hydrogen-bond acceptors (Lipinski definition) is 9. The van der Waals surface area contributed by atoms with E-state index in [1.54, 1.807) is 9.80 Å². The first-order chi connectivity index (χ1) is 19.3. The molecule has 2 saturated heterocycles. The highest BCUT2D eigenvalue weighted by molar-refractivity contribution is 5.82. The van der Waals surface area contributed by atoms with Crippen LogP contribution in [0.25, 0.3) is 0 Å². The Labute approximate surface area is 240 Å². The molecule has 2 fully saturated rings. The van der Waals surface area contributed by atoms with Crippen molar-refractivity contribution in [2.45, 2.75) is 90.9 Å². The molecule has 12 heteroatoms. The van der Waals surface area contributed by atoms with Crippen molar-refractivity contribution in [3.05, 3.63) is 22.1 Å². The van der Waals surface area contributed by atoms with Crippen LogP contribution in [-0.2, 0) is 30.5 Å². The molecule has 0 aromatic carbocycles. The van der Waals surface area contributed by atoms with Gasteiger partial charge in [-0.1, -0.05) is 5.92 Å². The zero-order valence-corrected chi connectivity index (χ0v) is 24.4. The SMILES string of the molecule is C#CC(CC(=O)OCc1oc(=O)oc1C)NC(=O)[C@@H]1CCCN(C(=O)CCC2CCN(C(=O)OC(C)(C)C)CC2)C1. The maximum absolute atomic E-state index is 13.0. The zero-order valence-electron chi connectivity index (χ0n) is 24.4. The van der Waals surface area contributed by atoms with E-state index in [1.807, 2.05) is 20.8 Å². The second-order valence-corrected chi connectivity index (χ2v) is 11.7. The maximum Gasteiger partial charge on any atom is 0.519 e. The van der Waals surface area contributed by atoms with Gasteiger partial charge in [0.1, 0.15) is 11.6 Å². The highest BCUT2D eigenvalue weighted by Gasteiger charge is 2.31. The van der Waals surface area contributed by atoms with E-state index in [0.717, 1.165) is 19.3 Å². The molecule has 2 atom stereocenters. The van der Waals surface area contributed by atoms with Crippen molar-refractivity contribution in [3.63, 3.8) is 0 Å². The molecular weight excluding hydrogens is 534 g/mol. The monoisotopic (exact) mass is 575 g/mol. The van der Waals surface area contributed by atoms with Gasteiger partial charge >= 0.3 is 17.9 Å². The Hall–Kier alpha value is -3.75. The molecule has 0 bridgehead atoms. The summed E-state index contributed by atoms with van der Waals surface area (Å²) in [5, 5.41) is 2.70. The molecule has 1 aromatic heterocycles. The third kappa shape index (κ3) is 9.99. The van der Waals surface area contributed by atoms with Crippen LogP contribution in [0.1, 0.15) is 77.2 Å². The van der Waals surface area contributed by atoms with E-state index in [9.17, 15) is 24.0 Å². The van der Waals surface area contributed by atoms with E-state index in [2.05, 4.69) is 11.2 Å². The average Bonchev–Trinajstić information content (AvgIpc) is 3.25. The van der Waals surface area contributed by atoms with E-state index < -0.39 is 29.4 Å². The van der Waals surface area contributed by atoms with Gasteiger partial charge in [-0.25, -0.2) is 9.59 Å². The smallest absolute Gasteiger partial charge is 0.457 e. The fraction of sp³-hybridized carbons (Fsp3) is 0.690. The third-order valence-corrected chi connectivity index (χ3v) is 7.27. The molecule has 41 heavy (non-hydrogen) atoms. The Morgan fingerprint density at radius 1 is 1.10 bits per heavy atom. The van der Waals surface area contributed by atoms with Crippen LogP contribution in [0.2, 0.25) is 0 Å². The molecule has 0 aliphatic carbocycles. The van der Waals surface area contributed by atoms with Gasteiger partial charge in [0.15, 0.2) is 18.1 Å². The molecule has 1 aromatic rings. The number of rotatable bonds is 9. The number of piperidine rings is 2. The topological polar surface area (TPSA) is 149 Å². The van der Waals surface area contributed by atoms with E-state index in [0.29, 0.717) is 51.4 Å². The summed E-state index contributed by atoms with van der Waals surface area (Å²) < 4.78 is 20.0. The highest BCUT2D eigenvalue weighted by Crippen LogP contribution is 2.25. The van der Waals surface area contributed by atoms with Gasteiger partial charge in [-0.2, -0.15) is 0 Å². The van der Waals surface area contributed by atoms with Crippen LogP contribution < -0.4 is 11.1 Å². The predicted octanol–water partition coefficient (Wildman–Crippen LogP) is 2.76. The van der Waals surface area contributed by atoms with Crippen molar-refractivity contribution in [2.24, 2.45) is 11.8 Å². The van der Waals surface area contributed by atoms with Crippen LogP contribution in [0.4, 0.5) is 4.79 Å². The standard InChI is InChI=1S/C29H41N3O9/c1-6-22(16-25(34)38-18-23-19(2)39-28(37)40-23)30-26(35)21-8-7-13-32(17-21)24(33)10-9-20-11-14-31(15-12-20)27(36)41-29(3,4)5/h1,20-22H,7-18H2,2-5H3,(H,30,35)/t21-,22?/m1/s1. The molecule has 3 heterocycles. The number of hydrogen-bond donors (Lipinski definition) is 1. The van der Waals surface area contributed by atoms with Gasteiger partial charge < -0.3 is 33.4 Å². The van der Waals surface area contributed by atoms with Gasteiger partial charge in [0.2, 0.25) is 11.8 Å². The Bertz CT molecular complexity index is 1180. The fourth-order valence-corrected chi connectivity index (χ4v) is 4.95. The average molecular weight is 576 g/mol. The largest absolute Gasteiger partial charge is 0.519 e. The molecule has 0 saturated carbocycles. The fourth-order valence-electron chi connectivity index (χ4n) is 4.95. The third-order valence-electron chi connectivity index (χ3n) is 7.27. The number of carbonyl (C=O) groups excluding carboxylic acids is 4. The van der Waals surface area contributed by atoms with Gasteiger partial charge in [0.25, 0.3) is 0 Å². The van der Waals surface area contributed by atoms with Gasteiger partial charge in [0, 0.05) is 32.6 Å². The lowest BCUT2D eigenvalue weighted by atomic mass is 9.91. The van der Waals surface area contributed by atoms with Crippen molar-refractivity contribution in [2.75, 3.05) is 26.2 Å². The van der Waals surface area contributed by atoms with Crippen molar-refractivity contribution in [1.82, 2.24) is 15.1 Å². The number of terminal acetylenes is 1. The van der Waals surface area contributed by atoms with Crippen LogP contribution in [0, 0.1) is 31.1 Å². The minimum atomic E-state index is -0.886. The number of likely N-dealkylation sites (tertiary alicyclic amines) is 2. The quantitative estimate of drug-likeness (QED) is 0.346. The minimum absolute atomic E-state index is 0.00957. The first-order valence-corrected chi connectivity index (χ1v) is 14.1. The van der Waals surface area contributed by atoms with E-state index >= 15 is 0 Å². The lowest BCUT2D eigenvalue weighted by Crippen LogP contribution is -2.47. The Kier molecular flexibility index (Phi) is 11.0. The predicted molar refractivity (Wildman–Crippen MR) is 146 cm³/mol. The van der Waals surface area contributed by atoms with Gasteiger partial charge in [-0.3, -0.25) is 14.4 Å². The van der Waals surface area contributed by atoms with Gasteiger partial charge in [0.05, 0.1) is 12.3 Å². The van der Waals surface area contributed by atoms with Crippen LogP contribution in [0.3, 0.4) is 0 Å². The molecular formula is C29H41N3O9. The summed E-state index contributed by atoms with van der Waals surface area (Å²) in [4.78, 5) is 64.9. The molecule has 0 radical (unpaired) electrons. The van der Waals surface area contributed by atoms with Crippen molar-refractivity contribution < 1.29 is 37.5 Å². The summed E-state index contributed by atoms with van der Waals surface area (Å²) in [7, 11) is 0. The second kappa shape index (κ2) is 14.2. The molecule has 3 rings (SSSR count). The number of esters is 1. The molecule has 2 aliphatic rings. The van der Waals surface area contributed by atoms with Crippen LogP contribution >= 0.6 is 0 Å². The molecule has 2 aliphatic heterocycles. The summed E-state index contributed by atoms with van der Waals surface area (Å²) in [6.45, 7) is 8.87. The van der Waals surface area contributed by atoms with Crippen LogP contribution in [0.5, 0.6) is 0 Å². The Morgan fingerprint density at radius 3 is 2.41 bits per heavy atom. The first kappa shape index (κ1) is 31.8. The number of ether oxygens (including phenoxy) is 2.